The van der Waals surface area contributed by atoms with Gasteiger partial charge in [-0.1, -0.05) is 23.4 Å². The SMILES string of the molecule is O=C(CSc1nnc(C2CC2)n1C1CC1)NC(=O)NCCC1=CCCCC1. The first-order valence-electron chi connectivity index (χ1n) is 10.0. The molecule has 27 heavy (non-hydrogen) atoms. The predicted octanol–water partition coefficient (Wildman–Crippen LogP) is 3.30. The Morgan fingerprint density at radius 1 is 1.19 bits per heavy atom. The topological polar surface area (TPSA) is 88.9 Å². The van der Waals surface area contributed by atoms with Gasteiger partial charge in [0.2, 0.25) is 5.91 Å². The Morgan fingerprint density at radius 2 is 2.04 bits per heavy atom. The number of allylic oxidation sites excluding steroid dienone is 1. The zero-order valence-corrected chi connectivity index (χ0v) is 16.4. The van der Waals surface area contributed by atoms with Crippen molar-refractivity contribution in [2.75, 3.05) is 12.3 Å². The van der Waals surface area contributed by atoms with Gasteiger partial charge in [0, 0.05) is 18.5 Å². The summed E-state index contributed by atoms with van der Waals surface area (Å²) in [6.45, 7) is 0.568. The molecule has 0 bridgehead atoms. The Hall–Kier alpha value is -1.83. The van der Waals surface area contributed by atoms with E-state index in [1.54, 1.807) is 0 Å². The Balaban J connectivity index is 1.19. The fourth-order valence-corrected chi connectivity index (χ4v) is 4.30. The van der Waals surface area contributed by atoms with Crippen LogP contribution in [-0.2, 0) is 4.79 Å². The van der Waals surface area contributed by atoms with E-state index in [-0.39, 0.29) is 11.7 Å². The van der Waals surface area contributed by atoms with Crippen LogP contribution >= 0.6 is 11.8 Å². The van der Waals surface area contributed by atoms with E-state index in [9.17, 15) is 9.59 Å². The molecular weight excluding hydrogens is 362 g/mol. The van der Waals surface area contributed by atoms with Crippen molar-refractivity contribution in [2.45, 2.75) is 74.9 Å². The first-order chi connectivity index (χ1) is 13.2. The number of aromatic nitrogens is 3. The molecule has 0 saturated heterocycles. The van der Waals surface area contributed by atoms with Gasteiger partial charge in [-0.05, 0) is 57.8 Å². The van der Waals surface area contributed by atoms with E-state index >= 15 is 0 Å². The van der Waals surface area contributed by atoms with Crippen LogP contribution in [0.3, 0.4) is 0 Å². The van der Waals surface area contributed by atoms with Gasteiger partial charge in [0.25, 0.3) is 0 Å². The summed E-state index contributed by atoms with van der Waals surface area (Å²) in [5, 5.41) is 14.6. The summed E-state index contributed by atoms with van der Waals surface area (Å²) >= 11 is 1.37. The molecule has 1 aromatic rings. The predicted molar refractivity (Wildman–Crippen MR) is 104 cm³/mol. The van der Waals surface area contributed by atoms with Crippen molar-refractivity contribution in [3.8, 4) is 0 Å². The quantitative estimate of drug-likeness (QED) is 0.526. The van der Waals surface area contributed by atoms with E-state index in [2.05, 4.69) is 31.5 Å². The molecule has 7 nitrogen and oxygen atoms in total. The average molecular weight is 390 g/mol. The van der Waals surface area contributed by atoms with Crippen molar-refractivity contribution < 1.29 is 9.59 Å². The van der Waals surface area contributed by atoms with Crippen LogP contribution in [0.25, 0.3) is 0 Å². The number of nitrogens with zero attached hydrogens (tertiary/aromatic N) is 3. The number of imide groups is 1. The summed E-state index contributed by atoms with van der Waals surface area (Å²) in [5.74, 6) is 1.50. The van der Waals surface area contributed by atoms with Gasteiger partial charge < -0.3 is 9.88 Å². The number of urea groups is 1. The molecule has 1 aromatic heterocycles. The number of hydrogen-bond donors (Lipinski definition) is 2. The van der Waals surface area contributed by atoms with Crippen LogP contribution in [0.5, 0.6) is 0 Å². The third-order valence-corrected chi connectivity index (χ3v) is 6.19. The van der Waals surface area contributed by atoms with E-state index in [1.165, 1.54) is 43.0 Å². The molecule has 2 fully saturated rings. The fourth-order valence-electron chi connectivity index (χ4n) is 3.49. The molecule has 3 aliphatic rings. The molecule has 8 heteroatoms. The highest BCUT2D eigenvalue weighted by Crippen LogP contribution is 2.45. The van der Waals surface area contributed by atoms with E-state index < -0.39 is 6.03 Å². The third-order valence-electron chi connectivity index (χ3n) is 5.25. The Morgan fingerprint density at radius 3 is 2.74 bits per heavy atom. The highest BCUT2D eigenvalue weighted by molar-refractivity contribution is 7.99. The second kappa shape index (κ2) is 8.46. The molecule has 4 rings (SSSR count). The Labute approximate surface area is 163 Å². The second-order valence-corrected chi connectivity index (χ2v) is 8.61. The van der Waals surface area contributed by atoms with E-state index in [0.717, 1.165) is 43.1 Å². The van der Waals surface area contributed by atoms with Crippen LogP contribution < -0.4 is 10.6 Å². The van der Waals surface area contributed by atoms with Crippen molar-refractivity contribution in [3.05, 3.63) is 17.5 Å². The lowest BCUT2D eigenvalue weighted by Gasteiger charge is -2.13. The van der Waals surface area contributed by atoms with Crippen molar-refractivity contribution in [2.24, 2.45) is 0 Å². The molecule has 0 spiro atoms. The number of thioether (sulfide) groups is 1. The lowest BCUT2D eigenvalue weighted by atomic mass is 9.97. The summed E-state index contributed by atoms with van der Waals surface area (Å²) in [7, 11) is 0. The smallest absolute Gasteiger partial charge is 0.321 e. The van der Waals surface area contributed by atoms with E-state index in [4.69, 9.17) is 0 Å². The van der Waals surface area contributed by atoms with E-state index in [1.807, 2.05) is 0 Å². The molecule has 2 N–H and O–H groups in total. The van der Waals surface area contributed by atoms with Gasteiger partial charge in [-0.2, -0.15) is 0 Å². The molecule has 0 atom stereocenters. The van der Waals surface area contributed by atoms with Crippen LogP contribution in [0.1, 0.15) is 75.6 Å². The van der Waals surface area contributed by atoms with Crippen molar-refractivity contribution in [1.29, 1.82) is 0 Å². The van der Waals surface area contributed by atoms with Gasteiger partial charge in [0.15, 0.2) is 5.16 Å². The third kappa shape index (κ3) is 5.12. The molecular formula is C19H27N5O2S. The molecule has 0 radical (unpaired) electrons. The molecule has 0 unspecified atom stereocenters. The lowest BCUT2D eigenvalue weighted by molar-refractivity contribution is -0.117. The summed E-state index contributed by atoms with van der Waals surface area (Å²) in [6.07, 6.45) is 12.6. The summed E-state index contributed by atoms with van der Waals surface area (Å²) in [5.41, 5.74) is 1.41. The minimum absolute atomic E-state index is 0.175. The summed E-state index contributed by atoms with van der Waals surface area (Å²) < 4.78 is 2.22. The number of rotatable bonds is 8. The summed E-state index contributed by atoms with van der Waals surface area (Å²) in [4.78, 5) is 24.0. The number of amides is 3. The molecule has 3 amide bonds. The maximum atomic E-state index is 12.1. The minimum atomic E-state index is -0.417. The summed E-state index contributed by atoms with van der Waals surface area (Å²) in [6, 6.07) is 0.0814. The monoisotopic (exact) mass is 389 g/mol. The normalized spacial score (nSPS) is 19.5. The van der Waals surface area contributed by atoms with Gasteiger partial charge >= 0.3 is 6.03 Å². The van der Waals surface area contributed by atoms with E-state index in [0.29, 0.717) is 18.5 Å². The van der Waals surface area contributed by atoms with Crippen LogP contribution in [0.15, 0.2) is 16.8 Å². The van der Waals surface area contributed by atoms with Gasteiger partial charge in [0.1, 0.15) is 5.82 Å². The van der Waals surface area contributed by atoms with Gasteiger partial charge in [-0.3, -0.25) is 10.1 Å². The van der Waals surface area contributed by atoms with Crippen LogP contribution in [0, 0.1) is 0 Å². The van der Waals surface area contributed by atoms with Crippen LogP contribution in [-0.4, -0.2) is 39.0 Å². The number of carbonyl (C=O) groups excluding carboxylic acids is 2. The molecule has 0 aromatic carbocycles. The number of carbonyl (C=O) groups is 2. The molecule has 3 aliphatic carbocycles. The van der Waals surface area contributed by atoms with Crippen LogP contribution in [0.4, 0.5) is 4.79 Å². The highest BCUT2D eigenvalue weighted by Gasteiger charge is 2.36. The standard InChI is InChI=1S/C19H27N5O2S/c25-16(21-18(26)20-11-10-13-4-2-1-3-5-13)12-27-19-23-22-17(14-6-7-14)24(19)15-8-9-15/h4,14-15H,1-3,5-12H2,(H2,20,21,25,26). The maximum absolute atomic E-state index is 12.1. The molecule has 2 saturated carbocycles. The highest BCUT2D eigenvalue weighted by atomic mass is 32.2. The van der Waals surface area contributed by atoms with Crippen LogP contribution in [0.2, 0.25) is 0 Å². The van der Waals surface area contributed by atoms with Gasteiger partial charge in [0.05, 0.1) is 5.75 Å². The Bertz CT molecular complexity index is 736. The van der Waals surface area contributed by atoms with Gasteiger partial charge in [-0.15, -0.1) is 10.2 Å². The first-order valence-corrected chi connectivity index (χ1v) is 11.0. The molecule has 0 aliphatic heterocycles. The van der Waals surface area contributed by atoms with Crippen molar-refractivity contribution in [1.82, 2.24) is 25.4 Å². The number of nitrogens with one attached hydrogen (secondary N) is 2. The van der Waals surface area contributed by atoms with Crippen molar-refractivity contribution in [3.63, 3.8) is 0 Å². The average Bonchev–Trinajstić information content (AvgIpc) is 3.59. The van der Waals surface area contributed by atoms with Gasteiger partial charge in [-0.25, -0.2) is 4.79 Å². The number of hydrogen-bond acceptors (Lipinski definition) is 5. The second-order valence-electron chi connectivity index (χ2n) is 7.67. The molecule has 1 heterocycles. The minimum Gasteiger partial charge on any atom is -0.337 e. The first kappa shape index (κ1) is 18.5. The molecule has 146 valence electrons. The fraction of sp³-hybridized carbons (Fsp3) is 0.684. The largest absolute Gasteiger partial charge is 0.337 e. The lowest BCUT2D eigenvalue weighted by Crippen LogP contribution is -2.40. The zero-order chi connectivity index (χ0) is 18.6. The van der Waals surface area contributed by atoms with Crippen molar-refractivity contribution >= 4 is 23.7 Å². The maximum Gasteiger partial charge on any atom is 0.321 e. The Kier molecular flexibility index (Phi) is 5.80. The zero-order valence-electron chi connectivity index (χ0n) is 15.6.